The van der Waals surface area contributed by atoms with Crippen LogP contribution in [0.4, 0.5) is 0 Å². The monoisotopic (exact) mass is 554 g/mol. The summed E-state index contributed by atoms with van der Waals surface area (Å²) in [5, 5.41) is 2.20. The molecule has 5 heteroatoms. The number of para-hydroxylation sites is 1. The third-order valence-corrected chi connectivity index (χ3v) is 9.22. The van der Waals surface area contributed by atoms with Crippen LogP contribution in [-0.2, 0) is 0 Å². The highest BCUT2D eigenvalue weighted by molar-refractivity contribution is 8.00. The van der Waals surface area contributed by atoms with Crippen LogP contribution >= 0.6 is 11.8 Å². The van der Waals surface area contributed by atoms with Crippen molar-refractivity contribution < 1.29 is 0 Å². The molecular weight excluding hydrogens is 533 g/mol. The Labute approximate surface area is 246 Å². The molecule has 0 fully saturated rings. The molecule has 4 nitrogen and oxygen atoms in total. The second-order valence-electron chi connectivity index (χ2n) is 10.5. The maximum atomic E-state index is 5.08. The number of pyridine rings is 2. The Morgan fingerprint density at radius 2 is 1.33 bits per heavy atom. The molecule has 196 valence electrons. The molecule has 0 unspecified atom stereocenters. The molecule has 3 aromatic heterocycles. The number of hydrogen-bond donors (Lipinski definition) is 0. The van der Waals surface area contributed by atoms with Gasteiger partial charge in [0.2, 0.25) is 0 Å². The van der Waals surface area contributed by atoms with Crippen molar-refractivity contribution in [2.75, 3.05) is 0 Å². The molecule has 0 aliphatic carbocycles. The molecular formula is C37H22N4S. The minimum absolute atomic E-state index is 0.933. The fourth-order valence-corrected chi connectivity index (χ4v) is 7.26. The van der Waals surface area contributed by atoms with E-state index in [-0.39, 0.29) is 0 Å². The fourth-order valence-electron chi connectivity index (χ4n) is 6.04. The zero-order chi connectivity index (χ0) is 27.6. The zero-order valence-corrected chi connectivity index (χ0v) is 23.2. The summed E-state index contributed by atoms with van der Waals surface area (Å²) in [5.74, 6) is 0.969. The van der Waals surface area contributed by atoms with Gasteiger partial charge in [0, 0.05) is 37.9 Å². The standard InChI is InChI=1S/C37H22N4S/c1-2-7-27(8-3-1)37-40-30-11-5-13-32-35(30)41(37)31-12-4-10-28(36(31)42-32)23-14-16-24(17-15-23)29-21-20-26-19-18-25-9-6-22-38-33(25)34(26)39-29/h1-22H. The van der Waals surface area contributed by atoms with E-state index in [1.807, 2.05) is 30.1 Å². The predicted octanol–water partition coefficient (Wildman–Crippen LogP) is 9.59. The van der Waals surface area contributed by atoms with E-state index in [9.17, 15) is 0 Å². The van der Waals surface area contributed by atoms with Crippen LogP contribution in [-0.4, -0.2) is 19.5 Å². The molecule has 0 spiro atoms. The molecule has 1 aliphatic rings. The third kappa shape index (κ3) is 3.54. The van der Waals surface area contributed by atoms with Gasteiger partial charge in [0.1, 0.15) is 5.82 Å². The highest BCUT2D eigenvalue weighted by atomic mass is 32.2. The number of fused-ring (bicyclic) bond motifs is 5. The van der Waals surface area contributed by atoms with Gasteiger partial charge in [-0.05, 0) is 41.5 Å². The van der Waals surface area contributed by atoms with Gasteiger partial charge in [-0.2, -0.15) is 0 Å². The Morgan fingerprint density at radius 1 is 0.548 bits per heavy atom. The Balaban J connectivity index is 1.16. The lowest BCUT2D eigenvalue weighted by molar-refractivity contribution is 1.04. The van der Waals surface area contributed by atoms with E-state index in [4.69, 9.17) is 9.97 Å². The average Bonchev–Trinajstić information content (AvgIpc) is 3.46. The minimum Gasteiger partial charge on any atom is -0.290 e. The number of benzene rings is 5. The second-order valence-corrected chi connectivity index (χ2v) is 11.6. The topological polar surface area (TPSA) is 43.6 Å². The quantitative estimate of drug-likeness (QED) is 0.204. The van der Waals surface area contributed by atoms with Crippen LogP contribution in [0.25, 0.3) is 72.3 Å². The molecule has 5 aromatic carbocycles. The summed E-state index contributed by atoms with van der Waals surface area (Å²) in [6, 6.07) is 44.7. The van der Waals surface area contributed by atoms with Crippen molar-refractivity contribution in [3.8, 4) is 39.5 Å². The first kappa shape index (κ1) is 23.4. The molecule has 1 aliphatic heterocycles. The SMILES string of the molecule is c1ccc(-c2nc3cccc4c3n2-c2cccc(-c3ccc(-c5ccc6ccc7cccnc7c6n5)cc3)c2S4)cc1. The molecule has 9 rings (SSSR count). The largest absolute Gasteiger partial charge is 0.290 e. The van der Waals surface area contributed by atoms with Crippen molar-refractivity contribution >= 4 is 44.6 Å². The van der Waals surface area contributed by atoms with Crippen LogP contribution in [0.15, 0.2) is 143 Å². The molecule has 0 saturated carbocycles. The molecule has 0 atom stereocenters. The molecule has 0 bridgehead atoms. The number of rotatable bonds is 3. The number of nitrogens with zero attached hydrogens (tertiary/aromatic N) is 4. The highest BCUT2D eigenvalue weighted by Gasteiger charge is 2.26. The minimum atomic E-state index is 0.933. The van der Waals surface area contributed by atoms with Gasteiger partial charge in [0.05, 0.1) is 33.4 Å². The number of hydrogen-bond acceptors (Lipinski definition) is 4. The van der Waals surface area contributed by atoms with Gasteiger partial charge in [0.15, 0.2) is 0 Å². The summed E-state index contributed by atoms with van der Waals surface area (Å²) >= 11 is 1.83. The van der Waals surface area contributed by atoms with E-state index >= 15 is 0 Å². The van der Waals surface area contributed by atoms with Gasteiger partial charge in [-0.25, -0.2) is 9.97 Å². The fraction of sp³-hybridized carbons (Fsp3) is 0. The maximum absolute atomic E-state index is 5.08. The Hall–Kier alpha value is -5.26. The summed E-state index contributed by atoms with van der Waals surface area (Å²) in [6.07, 6.45) is 1.83. The van der Waals surface area contributed by atoms with Crippen LogP contribution < -0.4 is 0 Å². The van der Waals surface area contributed by atoms with Crippen molar-refractivity contribution in [1.29, 1.82) is 0 Å². The first-order chi connectivity index (χ1) is 20.8. The van der Waals surface area contributed by atoms with E-state index in [0.29, 0.717) is 0 Å². The first-order valence-corrected chi connectivity index (χ1v) is 14.8. The van der Waals surface area contributed by atoms with Crippen LogP contribution in [0.2, 0.25) is 0 Å². The van der Waals surface area contributed by atoms with Gasteiger partial charge in [0.25, 0.3) is 0 Å². The Bertz CT molecular complexity index is 2320. The van der Waals surface area contributed by atoms with Crippen molar-refractivity contribution in [3.05, 3.63) is 134 Å². The van der Waals surface area contributed by atoms with E-state index in [2.05, 4.69) is 125 Å². The van der Waals surface area contributed by atoms with Gasteiger partial charge < -0.3 is 0 Å². The normalized spacial score (nSPS) is 12.2. The van der Waals surface area contributed by atoms with Gasteiger partial charge in [-0.3, -0.25) is 9.55 Å². The smallest absolute Gasteiger partial charge is 0.145 e. The molecule has 0 saturated heterocycles. The lowest BCUT2D eigenvalue weighted by atomic mass is 10.0. The molecule has 42 heavy (non-hydrogen) atoms. The van der Waals surface area contributed by atoms with Gasteiger partial charge in [-0.1, -0.05) is 109 Å². The summed E-state index contributed by atoms with van der Waals surface area (Å²) in [5.41, 5.74) is 10.7. The van der Waals surface area contributed by atoms with Crippen LogP contribution in [0.5, 0.6) is 0 Å². The Morgan fingerprint density at radius 3 is 2.21 bits per heavy atom. The van der Waals surface area contributed by atoms with Crippen LogP contribution in [0, 0.1) is 0 Å². The van der Waals surface area contributed by atoms with E-state index in [0.717, 1.165) is 55.7 Å². The summed E-state index contributed by atoms with van der Waals surface area (Å²) in [6.45, 7) is 0. The number of imidazole rings is 1. The molecule has 4 heterocycles. The van der Waals surface area contributed by atoms with Crippen molar-refractivity contribution in [3.63, 3.8) is 0 Å². The lowest BCUT2D eigenvalue weighted by Gasteiger charge is -2.23. The summed E-state index contributed by atoms with van der Waals surface area (Å²) in [7, 11) is 0. The van der Waals surface area contributed by atoms with Crippen molar-refractivity contribution in [2.24, 2.45) is 0 Å². The summed E-state index contributed by atoms with van der Waals surface area (Å²) in [4.78, 5) is 17.2. The molecule has 0 amide bonds. The van der Waals surface area contributed by atoms with E-state index < -0.39 is 0 Å². The van der Waals surface area contributed by atoms with E-state index in [1.54, 1.807) is 0 Å². The van der Waals surface area contributed by atoms with Gasteiger partial charge >= 0.3 is 0 Å². The molecule has 0 N–H and O–H groups in total. The predicted molar refractivity (Wildman–Crippen MR) is 172 cm³/mol. The average molecular weight is 555 g/mol. The van der Waals surface area contributed by atoms with Gasteiger partial charge in [-0.15, -0.1) is 0 Å². The molecule has 0 radical (unpaired) electrons. The highest BCUT2D eigenvalue weighted by Crippen LogP contribution is 2.48. The van der Waals surface area contributed by atoms with E-state index in [1.165, 1.54) is 26.4 Å². The Kier molecular flexibility index (Phi) is 5.10. The second kappa shape index (κ2) is 9.13. The number of aromatic nitrogens is 4. The lowest BCUT2D eigenvalue weighted by Crippen LogP contribution is -2.04. The maximum Gasteiger partial charge on any atom is 0.145 e. The zero-order valence-electron chi connectivity index (χ0n) is 22.4. The van der Waals surface area contributed by atoms with Crippen LogP contribution in [0.1, 0.15) is 0 Å². The van der Waals surface area contributed by atoms with Crippen LogP contribution in [0.3, 0.4) is 0 Å². The van der Waals surface area contributed by atoms with Crippen molar-refractivity contribution in [2.45, 2.75) is 9.79 Å². The van der Waals surface area contributed by atoms with Crippen molar-refractivity contribution in [1.82, 2.24) is 19.5 Å². The third-order valence-electron chi connectivity index (χ3n) is 8.04. The summed E-state index contributed by atoms with van der Waals surface area (Å²) < 4.78 is 2.33. The first-order valence-electron chi connectivity index (χ1n) is 14.0. The molecule has 8 aromatic rings.